The van der Waals surface area contributed by atoms with Gasteiger partial charge in [-0.3, -0.25) is 4.98 Å². The fourth-order valence-corrected chi connectivity index (χ4v) is 2.56. The molecule has 0 aromatic carbocycles. The Labute approximate surface area is 120 Å². The number of hydrogen-bond acceptors (Lipinski definition) is 4. The number of carboxylic acids is 1. The van der Waals surface area contributed by atoms with Crippen molar-refractivity contribution in [1.29, 1.82) is 0 Å². The third kappa shape index (κ3) is 4.02. The number of carbonyl (C=O) groups is 1. The van der Waals surface area contributed by atoms with Gasteiger partial charge in [-0.05, 0) is 51.4 Å². The number of carboxylic acid groups (broad SMARTS) is 1. The Hall–Kier alpha value is -1.46. The van der Waals surface area contributed by atoms with Crippen LogP contribution >= 0.6 is 0 Å². The Morgan fingerprint density at radius 3 is 2.90 bits per heavy atom. The van der Waals surface area contributed by atoms with Gasteiger partial charge in [0, 0.05) is 25.3 Å². The van der Waals surface area contributed by atoms with E-state index in [0.29, 0.717) is 18.5 Å². The van der Waals surface area contributed by atoms with Crippen molar-refractivity contribution in [2.75, 3.05) is 19.6 Å². The molecular weight excluding hydrogens is 254 g/mol. The SMILES string of the molecule is CC(C)N1CCC(CNCc2ccc(C(=O)O)cn2)C1. The lowest BCUT2D eigenvalue weighted by atomic mass is 10.1. The molecule has 1 fully saturated rings. The van der Waals surface area contributed by atoms with Crippen molar-refractivity contribution in [3.8, 4) is 0 Å². The molecule has 0 amide bonds. The maximum absolute atomic E-state index is 10.7. The molecule has 1 saturated heterocycles. The maximum Gasteiger partial charge on any atom is 0.337 e. The lowest BCUT2D eigenvalue weighted by Gasteiger charge is -2.20. The first-order valence-electron chi connectivity index (χ1n) is 7.19. The van der Waals surface area contributed by atoms with Crippen LogP contribution in [-0.4, -0.2) is 46.6 Å². The van der Waals surface area contributed by atoms with E-state index in [0.717, 1.165) is 18.8 Å². The van der Waals surface area contributed by atoms with Crippen LogP contribution < -0.4 is 5.32 Å². The second-order valence-corrected chi connectivity index (χ2v) is 5.72. The number of likely N-dealkylation sites (tertiary alicyclic amines) is 1. The maximum atomic E-state index is 10.7. The predicted molar refractivity (Wildman–Crippen MR) is 77.7 cm³/mol. The monoisotopic (exact) mass is 277 g/mol. The minimum Gasteiger partial charge on any atom is -0.478 e. The number of aromatic carboxylic acids is 1. The van der Waals surface area contributed by atoms with Gasteiger partial charge < -0.3 is 15.3 Å². The summed E-state index contributed by atoms with van der Waals surface area (Å²) in [6.07, 6.45) is 2.66. The molecule has 1 aliphatic heterocycles. The van der Waals surface area contributed by atoms with E-state index in [1.807, 2.05) is 0 Å². The van der Waals surface area contributed by atoms with Crippen LogP contribution in [-0.2, 0) is 6.54 Å². The Morgan fingerprint density at radius 1 is 1.55 bits per heavy atom. The number of aromatic nitrogens is 1. The van der Waals surface area contributed by atoms with Gasteiger partial charge in [-0.15, -0.1) is 0 Å². The summed E-state index contributed by atoms with van der Waals surface area (Å²) in [6, 6.07) is 4.00. The van der Waals surface area contributed by atoms with Crippen LogP contribution in [0.1, 0.15) is 36.3 Å². The highest BCUT2D eigenvalue weighted by Gasteiger charge is 2.23. The fraction of sp³-hybridized carbons (Fsp3) is 0.600. The molecule has 1 aromatic rings. The molecule has 0 aliphatic carbocycles. The molecule has 0 spiro atoms. The second-order valence-electron chi connectivity index (χ2n) is 5.72. The van der Waals surface area contributed by atoms with Crippen LogP contribution in [0.15, 0.2) is 18.3 Å². The smallest absolute Gasteiger partial charge is 0.337 e. The summed E-state index contributed by atoms with van der Waals surface area (Å²) in [6.45, 7) is 8.52. The zero-order valence-corrected chi connectivity index (χ0v) is 12.2. The molecule has 1 aliphatic rings. The number of hydrogen-bond donors (Lipinski definition) is 2. The molecule has 1 aromatic heterocycles. The first kappa shape index (κ1) is 14.9. The van der Waals surface area contributed by atoms with Gasteiger partial charge in [0.25, 0.3) is 0 Å². The third-order valence-electron chi connectivity index (χ3n) is 3.86. The molecule has 1 atom stereocenters. The molecule has 2 N–H and O–H groups in total. The Morgan fingerprint density at radius 2 is 2.35 bits per heavy atom. The first-order valence-corrected chi connectivity index (χ1v) is 7.19. The van der Waals surface area contributed by atoms with E-state index < -0.39 is 5.97 Å². The van der Waals surface area contributed by atoms with Crippen molar-refractivity contribution in [1.82, 2.24) is 15.2 Å². The predicted octanol–water partition coefficient (Wildman–Crippen LogP) is 1.60. The van der Waals surface area contributed by atoms with Crippen molar-refractivity contribution in [2.45, 2.75) is 32.9 Å². The second kappa shape index (κ2) is 6.81. The standard InChI is InChI=1S/C15H23N3O2/c1-11(2)18-6-5-12(10-18)7-16-9-14-4-3-13(8-17-14)15(19)20/h3-4,8,11-12,16H,5-7,9-10H2,1-2H3,(H,19,20). The van der Waals surface area contributed by atoms with E-state index >= 15 is 0 Å². The summed E-state index contributed by atoms with van der Waals surface area (Å²) in [4.78, 5) is 17.4. The average molecular weight is 277 g/mol. The highest BCUT2D eigenvalue weighted by atomic mass is 16.4. The Kier molecular flexibility index (Phi) is 5.09. The summed E-state index contributed by atoms with van der Waals surface area (Å²) in [5.74, 6) is -0.229. The van der Waals surface area contributed by atoms with Gasteiger partial charge in [-0.2, -0.15) is 0 Å². The lowest BCUT2D eigenvalue weighted by Crippen LogP contribution is -2.30. The van der Waals surface area contributed by atoms with E-state index in [4.69, 9.17) is 5.11 Å². The number of pyridine rings is 1. The highest BCUT2D eigenvalue weighted by Crippen LogP contribution is 2.17. The van der Waals surface area contributed by atoms with E-state index in [1.54, 1.807) is 12.1 Å². The van der Waals surface area contributed by atoms with Crippen molar-refractivity contribution in [3.05, 3.63) is 29.6 Å². The van der Waals surface area contributed by atoms with Crippen molar-refractivity contribution in [2.24, 2.45) is 5.92 Å². The van der Waals surface area contributed by atoms with Crippen LogP contribution in [0.4, 0.5) is 0 Å². The normalized spacial score (nSPS) is 19.6. The minimum atomic E-state index is -0.934. The van der Waals surface area contributed by atoms with Gasteiger partial charge in [0.1, 0.15) is 0 Å². The molecule has 5 heteroatoms. The van der Waals surface area contributed by atoms with Gasteiger partial charge in [0.15, 0.2) is 0 Å². The zero-order chi connectivity index (χ0) is 14.5. The molecular formula is C15H23N3O2. The molecule has 2 heterocycles. The van der Waals surface area contributed by atoms with Gasteiger partial charge in [-0.25, -0.2) is 4.79 Å². The molecule has 110 valence electrons. The van der Waals surface area contributed by atoms with Crippen LogP contribution in [0.25, 0.3) is 0 Å². The van der Waals surface area contributed by atoms with Crippen molar-refractivity contribution < 1.29 is 9.90 Å². The Balaban J connectivity index is 1.72. The average Bonchev–Trinajstić information content (AvgIpc) is 2.88. The van der Waals surface area contributed by atoms with Gasteiger partial charge in [0.05, 0.1) is 11.3 Å². The molecule has 0 bridgehead atoms. The molecule has 2 rings (SSSR count). The van der Waals surface area contributed by atoms with Crippen molar-refractivity contribution in [3.63, 3.8) is 0 Å². The van der Waals surface area contributed by atoms with Gasteiger partial charge in [0.2, 0.25) is 0 Å². The molecule has 0 saturated carbocycles. The topological polar surface area (TPSA) is 65.5 Å². The number of nitrogens with one attached hydrogen (secondary N) is 1. The summed E-state index contributed by atoms with van der Waals surface area (Å²) < 4.78 is 0. The number of rotatable bonds is 6. The fourth-order valence-electron chi connectivity index (χ4n) is 2.56. The quantitative estimate of drug-likeness (QED) is 0.827. The van der Waals surface area contributed by atoms with Crippen LogP contribution in [0, 0.1) is 5.92 Å². The largest absolute Gasteiger partial charge is 0.478 e. The molecule has 1 unspecified atom stereocenters. The van der Waals surface area contributed by atoms with Crippen LogP contribution in [0.2, 0.25) is 0 Å². The van der Waals surface area contributed by atoms with Crippen LogP contribution in [0.5, 0.6) is 0 Å². The zero-order valence-electron chi connectivity index (χ0n) is 12.2. The van der Waals surface area contributed by atoms with E-state index in [-0.39, 0.29) is 5.56 Å². The van der Waals surface area contributed by atoms with Gasteiger partial charge in [-0.1, -0.05) is 0 Å². The summed E-state index contributed by atoms with van der Waals surface area (Å²) in [7, 11) is 0. The van der Waals surface area contributed by atoms with Crippen LogP contribution in [0.3, 0.4) is 0 Å². The molecule has 0 radical (unpaired) electrons. The van der Waals surface area contributed by atoms with E-state index in [1.165, 1.54) is 19.2 Å². The summed E-state index contributed by atoms with van der Waals surface area (Å²) >= 11 is 0. The number of nitrogens with zero attached hydrogens (tertiary/aromatic N) is 2. The molecule has 20 heavy (non-hydrogen) atoms. The lowest BCUT2D eigenvalue weighted by molar-refractivity contribution is 0.0696. The Bertz CT molecular complexity index is 445. The first-order chi connectivity index (χ1) is 9.56. The highest BCUT2D eigenvalue weighted by molar-refractivity contribution is 5.87. The van der Waals surface area contributed by atoms with Gasteiger partial charge >= 0.3 is 5.97 Å². The van der Waals surface area contributed by atoms with E-state index in [9.17, 15) is 4.79 Å². The van der Waals surface area contributed by atoms with E-state index in [2.05, 4.69) is 29.0 Å². The van der Waals surface area contributed by atoms with Crippen molar-refractivity contribution >= 4 is 5.97 Å². The summed E-state index contributed by atoms with van der Waals surface area (Å²) in [5, 5.41) is 12.2. The minimum absolute atomic E-state index is 0.233. The summed E-state index contributed by atoms with van der Waals surface area (Å²) in [5.41, 5.74) is 1.12. The molecule has 5 nitrogen and oxygen atoms in total. The third-order valence-corrected chi connectivity index (χ3v) is 3.86.